The van der Waals surface area contributed by atoms with Gasteiger partial charge in [0.15, 0.2) is 5.78 Å². The molecular weight excluding hydrogens is 258 g/mol. The molecule has 0 unspecified atom stereocenters. The van der Waals surface area contributed by atoms with Crippen LogP contribution in [0, 0.1) is 5.92 Å². The fourth-order valence-corrected chi connectivity index (χ4v) is 2.25. The van der Waals surface area contributed by atoms with E-state index >= 15 is 0 Å². The molecule has 1 aromatic heterocycles. The van der Waals surface area contributed by atoms with Gasteiger partial charge >= 0.3 is 0 Å². The number of carbonyl (C=O) groups is 1. The minimum absolute atomic E-state index is 0.188. The maximum Gasteiger partial charge on any atom is 0.182 e. The molecule has 4 nitrogen and oxygen atoms in total. The number of nitrogens with one attached hydrogen (secondary N) is 1. The highest BCUT2D eigenvalue weighted by Crippen LogP contribution is 2.20. The minimum atomic E-state index is 0.188. The van der Waals surface area contributed by atoms with Crippen LogP contribution in [0.3, 0.4) is 0 Å². The fourth-order valence-electron chi connectivity index (χ4n) is 1.73. The molecule has 0 spiro atoms. The second-order valence-corrected chi connectivity index (χ2v) is 4.66. The molecule has 1 aromatic rings. The predicted molar refractivity (Wildman–Crippen MR) is 60.9 cm³/mol. The van der Waals surface area contributed by atoms with Crippen molar-refractivity contribution in [2.75, 3.05) is 13.1 Å². The van der Waals surface area contributed by atoms with Crippen molar-refractivity contribution in [2.45, 2.75) is 19.9 Å². The van der Waals surface area contributed by atoms with Gasteiger partial charge in [0, 0.05) is 13.0 Å². The maximum absolute atomic E-state index is 12.0. The van der Waals surface area contributed by atoms with Crippen molar-refractivity contribution in [1.82, 2.24) is 15.1 Å². The van der Waals surface area contributed by atoms with Crippen molar-refractivity contribution in [3.63, 3.8) is 0 Å². The van der Waals surface area contributed by atoms with Gasteiger partial charge in [0.05, 0.1) is 10.7 Å². The lowest BCUT2D eigenvalue weighted by Gasteiger charge is -2.26. The number of ketones is 1. The minimum Gasteiger partial charge on any atom is -0.316 e. The molecule has 1 aliphatic heterocycles. The van der Waals surface area contributed by atoms with Crippen molar-refractivity contribution >= 4 is 21.7 Å². The van der Waals surface area contributed by atoms with Crippen molar-refractivity contribution in [2.24, 2.45) is 5.92 Å². The molecule has 5 heteroatoms. The smallest absolute Gasteiger partial charge is 0.182 e. The maximum atomic E-state index is 12.0. The van der Waals surface area contributed by atoms with Gasteiger partial charge in [0.1, 0.15) is 5.69 Å². The number of hydrogen-bond donors (Lipinski definition) is 1. The van der Waals surface area contributed by atoms with Crippen LogP contribution in [0.4, 0.5) is 0 Å². The van der Waals surface area contributed by atoms with Gasteiger partial charge in [-0.3, -0.25) is 9.48 Å². The molecule has 1 N–H and O–H groups in total. The van der Waals surface area contributed by atoms with Crippen LogP contribution in [0.15, 0.2) is 10.7 Å². The molecule has 2 rings (SSSR count). The number of aryl methyl sites for hydroxylation is 1. The molecule has 0 amide bonds. The third kappa shape index (κ3) is 2.13. The molecule has 0 aliphatic carbocycles. The number of halogens is 1. The second kappa shape index (κ2) is 4.45. The molecule has 1 aliphatic rings. The molecular formula is C10H14BrN3O. The van der Waals surface area contributed by atoms with Crippen molar-refractivity contribution in [3.8, 4) is 0 Å². The topological polar surface area (TPSA) is 46.9 Å². The third-order valence-electron chi connectivity index (χ3n) is 2.70. The first kappa shape index (κ1) is 10.8. The average molecular weight is 272 g/mol. The Bertz CT molecular complexity index is 371. The third-order valence-corrected chi connectivity index (χ3v) is 3.28. The van der Waals surface area contributed by atoms with Crippen LogP contribution in [0.2, 0.25) is 0 Å². The van der Waals surface area contributed by atoms with E-state index in [9.17, 15) is 4.79 Å². The molecule has 0 radical (unpaired) electrons. The van der Waals surface area contributed by atoms with E-state index in [4.69, 9.17) is 0 Å². The lowest BCUT2D eigenvalue weighted by atomic mass is 9.96. The van der Waals surface area contributed by atoms with Crippen molar-refractivity contribution in [1.29, 1.82) is 0 Å². The molecule has 0 bridgehead atoms. The number of nitrogens with zero attached hydrogens (tertiary/aromatic N) is 2. The number of rotatable bonds is 4. The molecule has 82 valence electrons. The number of carbonyl (C=O) groups excluding carboxylic acids is 1. The highest BCUT2D eigenvalue weighted by atomic mass is 79.9. The quantitative estimate of drug-likeness (QED) is 0.844. The summed E-state index contributed by atoms with van der Waals surface area (Å²) >= 11 is 3.37. The molecule has 1 saturated heterocycles. The van der Waals surface area contributed by atoms with Crippen molar-refractivity contribution < 1.29 is 4.79 Å². The SMILES string of the molecule is CCn1ncc(Br)c1C(=O)CC1CNC1. The van der Waals surface area contributed by atoms with E-state index in [1.165, 1.54) is 0 Å². The van der Waals surface area contributed by atoms with Gasteiger partial charge in [0.2, 0.25) is 0 Å². The van der Waals surface area contributed by atoms with E-state index in [1.807, 2.05) is 6.92 Å². The summed E-state index contributed by atoms with van der Waals surface area (Å²) < 4.78 is 2.56. The number of aromatic nitrogens is 2. The van der Waals surface area contributed by atoms with Crippen LogP contribution in [0.25, 0.3) is 0 Å². The number of Topliss-reactive ketones (excluding diaryl/α,β-unsaturated/α-hetero) is 1. The van der Waals surface area contributed by atoms with E-state index in [0.717, 1.165) is 24.1 Å². The second-order valence-electron chi connectivity index (χ2n) is 3.81. The Hall–Kier alpha value is -0.680. The van der Waals surface area contributed by atoms with Gasteiger partial charge in [0.25, 0.3) is 0 Å². The van der Waals surface area contributed by atoms with Gasteiger partial charge in [-0.2, -0.15) is 5.10 Å². The van der Waals surface area contributed by atoms with Crippen LogP contribution in [-0.2, 0) is 6.54 Å². The standard InChI is InChI=1S/C10H14BrN3O/c1-2-14-10(8(11)6-13-14)9(15)3-7-4-12-5-7/h6-7,12H,2-5H2,1H3. The highest BCUT2D eigenvalue weighted by molar-refractivity contribution is 9.10. The van der Waals surface area contributed by atoms with Crippen LogP contribution < -0.4 is 5.32 Å². The largest absolute Gasteiger partial charge is 0.316 e. The lowest BCUT2D eigenvalue weighted by Crippen LogP contribution is -2.43. The first-order valence-electron chi connectivity index (χ1n) is 5.17. The van der Waals surface area contributed by atoms with E-state index in [1.54, 1.807) is 10.9 Å². The first-order valence-corrected chi connectivity index (χ1v) is 5.97. The summed E-state index contributed by atoms with van der Waals surface area (Å²) in [6.07, 6.45) is 2.31. The zero-order chi connectivity index (χ0) is 10.8. The van der Waals surface area contributed by atoms with E-state index < -0.39 is 0 Å². The summed E-state index contributed by atoms with van der Waals surface area (Å²) in [6.45, 7) is 4.64. The molecule has 15 heavy (non-hydrogen) atoms. The zero-order valence-electron chi connectivity index (χ0n) is 8.66. The Labute approximate surface area is 97.2 Å². The van der Waals surface area contributed by atoms with Gasteiger partial charge < -0.3 is 5.32 Å². The Morgan fingerprint density at radius 3 is 3.00 bits per heavy atom. The molecule has 2 heterocycles. The normalized spacial score (nSPS) is 16.4. The molecule has 0 atom stereocenters. The van der Waals surface area contributed by atoms with Gasteiger partial charge in [-0.25, -0.2) is 0 Å². The van der Waals surface area contributed by atoms with Gasteiger partial charge in [-0.1, -0.05) is 0 Å². The van der Waals surface area contributed by atoms with Gasteiger partial charge in [-0.05, 0) is 41.9 Å². The Morgan fingerprint density at radius 2 is 2.47 bits per heavy atom. The zero-order valence-corrected chi connectivity index (χ0v) is 10.2. The van der Waals surface area contributed by atoms with Crippen LogP contribution in [-0.4, -0.2) is 28.7 Å². The Kier molecular flexibility index (Phi) is 3.21. The Morgan fingerprint density at radius 1 is 1.73 bits per heavy atom. The average Bonchev–Trinajstić information content (AvgIpc) is 2.53. The van der Waals surface area contributed by atoms with E-state index in [-0.39, 0.29) is 5.78 Å². The van der Waals surface area contributed by atoms with Gasteiger partial charge in [-0.15, -0.1) is 0 Å². The van der Waals surface area contributed by atoms with Crippen LogP contribution >= 0.6 is 15.9 Å². The molecule has 0 saturated carbocycles. The summed E-state index contributed by atoms with van der Waals surface area (Å²) in [6, 6.07) is 0. The molecule has 1 fully saturated rings. The van der Waals surface area contributed by atoms with Crippen molar-refractivity contribution in [3.05, 3.63) is 16.4 Å². The first-order chi connectivity index (χ1) is 7.22. The monoisotopic (exact) mass is 271 g/mol. The molecule has 0 aromatic carbocycles. The van der Waals surface area contributed by atoms with E-state index in [0.29, 0.717) is 18.0 Å². The predicted octanol–water partition coefficient (Wildman–Crippen LogP) is 1.46. The van der Waals surface area contributed by atoms with Crippen LogP contribution in [0.1, 0.15) is 23.8 Å². The summed E-state index contributed by atoms with van der Waals surface area (Å²) in [5.41, 5.74) is 0.712. The number of hydrogen-bond acceptors (Lipinski definition) is 3. The fraction of sp³-hybridized carbons (Fsp3) is 0.600. The highest BCUT2D eigenvalue weighted by Gasteiger charge is 2.24. The van der Waals surface area contributed by atoms with E-state index in [2.05, 4.69) is 26.3 Å². The lowest BCUT2D eigenvalue weighted by molar-refractivity contribution is 0.0934. The van der Waals surface area contributed by atoms with Crippen LogP contribution in [0.5, 0.6) is 0 Å². The summed E-state index contributed by atoms with van der Waals surface area (Å²) in [4.78, 5) is 12.0. The Balaban J connectivity index is 2.12. The summed E-state index contributed by atoms with van der Waals surface area (Å²) in [7, 11) is 0. The summed E-state index contributed by atoms with van der Waals surface area (Å²) in [5.74, 6) is 0.692. The summed E-state index contributed by atoms with van der Waals surface area (Å²) in [5, 5.41) is 7.31.